The van der Waals surface area contributed by atoms with Crippen LogP contribution in [0.1, 0.15) is 48.2 Å². The summed E-state index contributed by atoms with van der Waals surface area (Å²) in [4.78, 5) is 33.0. The molecule has 6 heterocycles. The number of ether oxygens (including phenoxy) is 2. The molecule has 2 N–H and O–H groups in total. The number of hydrogen-bond donors (Lipinski definition) is 2. The second-order valence-electron chi connectivity index (χ2n) is 11.1. The summed E-state index contributed by atoms with van der Waals surface area (Å²) in [6, 6.07) is 5.92. The fourth-order valence-corrected chi connectivity index (χ4v) is 5.67. The van der Waals surface area contributed by atoms with Crippen molar-refractivity contribution in [2.75, 3.05) is 32.0 Å². The Morgan fingerprint density at radius 2 is 2.00 bits per heavy atom. The summed E-state index contributed by atoms with van der Waals surface area (Å²) in [7, 11) is 1.88. The first-order chi connectivity index (χ1) is 20.6. The SMILES string of the molecule is CC[C@@H]1CN(C(=O)Nc2cnc(O[C@@H]3CCN(C)C3)c(C(F)(F)F)c2)Cc2cc(Oc3ccnc4[nH]c(C)cc34)cnc21. The van der Waals surface area contributed by atoms with E-state index >= 15 is 0 Å². The number of aromatic amines is 1. The van der Waals surface area contributed by atoms with Gasteiger partial charge in [-0.05, 0) is 56.6 Å². The van der Waals surface area contributed by atoms with Crippen LogP contribution in [0.4, 0.5) is 23.7 Å². The van der Waals surface area contributed by atoms with Gasteiger partial charge in [-0.3, -0.25) is 4.98 Å². The number of likely N-dealkylation sites (tertiary alicyclic amines) is 1. The third-order valence-electron chi connectivity index (χ3n) is 7.83. The van der Waals surface area contributed by atoms with Crippen molar-refractivity contribution >= 4 is 22.8 Å². The zero-order valence-electron chi connectivity index (χ0n) is 24.0. The standard InChI is InChI=1S/C30H32F3N7O3/c1-4-18-14-40(15-19-10-22(13-35-26(18)19)42-25-5-7-34-27-23(25)9-17(2)37-27)29(41)38-20-11-24(30(31,32)33)28(36-12-20)43-21-6-8-39(3)16-21/h5,7,9-13,18,21H,4,6,8,14-16H2,1-3H3,(H,34,37)(H,38,41)/t18-,21-/m1/s1. The molecule has 0 aliphatic carbocycles. The van der Waals surface area contributed by atoms with Crippen LogP contribution in [0, 0.1) is 6.92 Å². The van der Waals surface area contributed by atoms with E-state index in [1.54, 1.807) is 23.4 Å². The van der Waals surface area contributed by atoms with Crippen molar-refractivity contribution in [1.82, 2.24) is 29.7 Å². The van der Waals surface area contributed by atoms with Gasteiger partial charge in [-0.1, -0.05) is 6.92 Å². The highest BCUT2D eigenvalue weighted by molar-refractivity contribution is 5.89. The summed E-state index contributed by atoms with van der Waals surface area (Å²) >= 11 is 0. The van der Waals surface area contributed by atoms with Gasteiger partial charge in [0.2, 0.25) is 5.88 Å². The molecule has 2 atom stereocenters. The second-order valence-corrected chi connectivity index (χ2v) is 11.1. The van der Waals surface area contributed by atoms with E-state index in [4.69, 9.17) is 9.47 Å². The van der Waals surface area contributed by atoms with Gasteiger partial charge in [0.15, 0.2) is 0 Å². The molecule has 4 aromatic heterocycles. The molecule has 2 aliphatic rings. The first-order valence-electron chi connectivity index (χ1n) is 14.2. The van der Waals surface area contributed by atoms with Crippen molar-refractivity contribution in [1.29, 1.82) is 0 Å². The minimum atomic E-state index is -4.70. The van der Waals surface area contributed by atoms with E-state index in [0.717, 1.165) is 41.4 Å². The third-order valence-corrected chi connectivity index (χ3v) is 7.83. The van der Waals surface area contributed by atoms with Crippen LogP contribution in [0.2, 0.25) is 0 Å². The summed E-state index contributed by atoms with van der Waals surface area (Å²) in [5.74, 6) is 0.593. The maximum atomic E-state index is 13.9. The lowest BCUT2D eigenvalue weighted by Crippen LogP contribution is -2.41. The maximum Gasteiger partial charge on any atom is 0.421 e. The third kappa shape index (κ3) is 6.07. The van der Waals surface area contributed by atoms with Crippen LogP contribution in [0.3, 0.4) is 0 Å². The number of pyridine rings is 3. The predicted octanol–water partition coefficient (Wildman–Crippen LogP) is 6.10. The van der Waals surface area contributed by atoms with Crippen molar-refractivity contribution in [2.45, 2.75) is 51.4 Å². The van der Waals surface area contributed by atoms with Gasteiger partial charge >= 0.3 is 12.2 Å². The molecule has 1 saturated heterocycles. The van der Waals surface area contributed by atoms with Gasteiger partial charge in [0.25, 0.3) is 0 Å². The summed E-state index contributed by atoms with van der Waals surface area (Å²) in [6.07, 6.45) is 0.777. The number of nitrogens with zero attached hydrogens (tertiary/aromatic N) is 5. The monoisotopic (exact) mass is 595 g/mol. The number of likely N-dealkylation sites (N-methyl/N-ethyl adjacent to an activating group) is 1. The highest BCUT2D eigenvalue weighted by Crippen LogP contribution is 2.38. The van der Waals surface area contributed by atoms with Crippen molar-refractivity contribution in [2.24, 2.45) is 0 Å². The fourth-order valence-electron chi connectivity index (χ4n) is 5.67. The number of alkyl halides is 3. The smallest absolute Gasteiger partial charge is 0.421 e. The normalized spacial score (nSPS) is 19.0. The Kier molecular flexibility index (Phi) is 7.59. The molecule has 2 aliphatic heterocycles. The average Bonchev–Trinajstić information content (AvgIpc) is 3.56. The molecular weight excluding hydrogens is 563 g/mol. The molecule has 0 radical (unpaired) electrons. The van der Waals surface area contributed by atoms with E-state index in [1.807, 2.05) is 37.9 Å². The number of halogens is 3. The van der Waals surface area contributed by atoms with E-state index in [-0.39, 0.29) is 24.3 Å². The Labute approximate surface area is 246 Å². The van der Waals surface area contributed by atoms with Gasteiger partial charge in [-0.25, -0.2) is 14.8 Å². The molecule has 0 saturated carbocycles. The molecule has 0 bridgehead atoms. The molecule has 226 valence electrons. The van der Waals surface area contributed by atoms with Crippen LogP contribution in [0.5, 0.6) is 17.4 Å². The van der Waals surface area contributed by atoms with Gasteiger partial charge in [0, 0.05) is 44.0 Å². The maximum absolute atomic E-state index is 13.9. The van der Waals surface area contributed by atoms with E-state index in [2.05, 4.69) is 25.3 Å². The first kappa shape index (κ1) is 28.7. The summed E-state index contributed by atoms with van der Waals surface area (Å²) in [5, 5.41) is 3.44. The highest BCUT2D eigenvalue weighted by atomic mass is 19.4. The number of anilines is 1. The second kappa shape index (κ2) is 11.4. The quantitative estimate of drug-likeness (QED) is 0.278. The van der Waals surface area contributed by atoms with Gasteiger partial charge < -0.3 is 29.6 Å². The molecule has 0 spiro atoms. The number of aryl methyl sites for hydroxylation is 1. The Morgan fingerprint density at radius 3 is 2.74 bits per heavy atom. The largest absolute Gasteiger partial charge is 0.473 e. The van der Waals surface area contributed by atoms with Crippen LogP contribution in [-0.4, -0.2) is 68.6 Å². The van der Waals surface area contributed by atoms with Crippen molar-refractivity contribution < 1.29 is 27.4 Å². The molecule has 4 aromatic rings. The zero-order valence-corrected chi connectivity index (χ0v) is 24.0. The number of hydrogen-bond acceptors (Lipinski definition) is 7. The number of carbonyl (C=O) groups excluding carboxylic acids is 1. The number of amides is 2. The van der Waals surface area contributed by atoms with E-state index in [1.165, 1.54) is 6.20 Å². The lowest BCUT2D eigenvalue weighted by Gasteiger charge is -2.33. The summed E-state index contributed by atoms with van der Waals surface area (Å²) in [6.45, 7) is 5.78. The minimum Gasteiger partial charge on any atom is -0.473 e. The minimum absolute atomic E-state index is 0.0484. The molecule has 43 heavy (non-hydrogen) atoms. The van der Waals surface area contributed by atoms with E-state index in [0.29, 0.717) is 36.7 Å². The number of carbonyl (C=O) groups is 1. The zero-order chi connectivity index (χ0) is 30.3. The first-order valence-corrected chi connectivity index (χ1v) is 14.2. The lowest BCUT2D eigenvalue weighted by molar-refractivity contribution is -0.139. The number of rotatable bonds is 6. The van der Waals surface area contributed by atoms with Gasteiger partial charge in [-0.2, -0.15) is 13.2 Å². The molecule has 13 heteroatoms. The number of aromatic nitrogens is 4. The van der Waals surface area contributed by atoms with Crippen molar-refractivity contribution in [3.63, 3.8) is 0 Å². The number of H-pyrrole nitrogens is 1. The Bertz CT molecular complexity index is 1660. The molecular formula is C30H32F3N7O3. The van der Waals surface area contributed by atoms with Gasteiger partial charge in [-0.15, -0.1) is 0 Å². The van der Waals surface area contributed by atoms with Crippen LogP contribution in [0.15, 0.2) is 42.9 Å². The average molecular weight is 596 g/mol. The molecule has 2 amide bonds. The van der Waals surface area contributed by atoms with Crippen LogP contribution in [-0.2, 0) is 12.7 Å². The topological polar surface area (TPSA) is 109 Å². The predicted molar refractivity (Wildman–Crippen MR) is 153 cm³/mol. The van der Waals surface area contributed by atoms with Crippen LogP contribution < -0.4 is 14.8 Å². The fraction of sp³-hybridized carbons (Fsp3) is 0.400. The van der Waals surface area contributed by atoms with Gasteiger partial charge in [0.1, 0.15) is 28.8 Å². The number of nitrogens with one attached hydrogen (secondary N) is 2. The van der Waals surface area contributed by atoms with Crippen molar-refractivity contribution in [3.05, 3.63) is 65.4 Å². The Morgan fingerprint density at radius 1 is 1.16 bits per heavy atom. The van der Waals surface area contributed by atoms with Crippen molar-refractivity contribution in [3.8, 4) is 17.4 Å². The highest BCUT2D eigenvalue weighted by Gasteiger charge is 2.37. The molecule has 1 fully saturated rings. The molecule has 6 rings (SSSR count). The van der Waals surface area contributed by atoms with Gasteiger partial charge in [0.05, 0.1) is 29.2 Å². The Hall–Kier alpha value is -4.39. The summed E-state index contributed by atoms with van der Waals surface area (Å²) < 4.78 is 53.6. The summed E-state index contributed by atoms with van der Waals surface area (Å²) in [5.41, 5.74) is 2.26. The van der Waals surface area contributed by atoms with Crippen LogP contribution >= 0.6 is 0 Å². The molecule has 0 unspecified atom stereocenters. The molecule has 10 nitrogen and oxygen atoms in total. The number of urea groups is 1. The van der Waals surface area contributed by atoms with Crippen LogP contribution in [0.25, 0.3) is 11.0 Å². The number of fused-ring (bicyclic) bond motifs is 2. The van der Waals surface area contributed by atoms with E-state index < -0.39 is 23.7 Å². The molecule has 0 aromatic carbocycles. The van der Waals surface area contributed by atoms with E-state index in [9.17, 15) is 18.0 Å². The lowest BCUT2D eigenvalue weighted by atomic mass is 9.92. The Balaban J connectivity index is 1.20.